The van der Waals surface area contributed by atoms with Crippen molar-refractivity contribution in [2.24, 2.45) is 5.41 Å². The lowest BCUT2D eigenvalue weighted by molar-refractivity contribution is 0.242. The number of rotatable bonds is 7. The van der Waals surface area contributed by atoms with Crippen LogP contribution >= 0.6 is 0 Å². The second kappa shape index (κ2) is 9.81. The molecule has 2 fully saturated rings. The molecule has 5 rings (SSSR count). The van der Waals surface area contributed by atoms with E-state index >= 15 is 0 Å². The first kappa shape index (κ1) is 25.8. The highest BCUT2D eigenvalue weighted by molar-refractivity contribution is 7.89. The van der Waals surface area contributed by atoms with Crippen LogP contribution in [0.1, 0.15) is 25.3 Å². The fourth-order valence-corrected chi connectivity index (χ4v) is 5.68. The van der Waals surface area contributed by atoms with E-state index in [0.29, 0.717) is 23.9 Å². The van der Waals surface area contributed by atoms with Crippen molar-refractivity contribution in [1.82, 2.24) is 14.1 Å². The van der Waals surface area contributed by atoms with E-state index in [4.69, 9.17) is 10.00 Å². The Balaban J connectivity index is 1.41. The molecule has 0 bridgehead atoms. The number of hydrogen-bond donors (Lipinski definition) is 0. The van der Waals surface area contributed by atoms with E-state index in [0.717, 1.165) is 29.7 Å². The van der Waals surface area contributed by atoms with E-state index in [1.807, 2.05) is 17.9 Å². The average molecular weight is 542 g/mol. The lowest BCUT2D eigenvalue weighted by Gasteiger charge is -2.35. The molecule has 0 atom stereocenters. The maximum atomic E-state index is 13.8. The molecule has 0 spiro atoms. The highest BCUT2D eigenvalue weighted by Crippen LogP contribution is 2.45. The monoisotopic (exact) mass is 541 g/mol. The Bertz CT molecular complexity index is 1550. The van der Waals surface area contributed by atoms with Crippen LogP contribution in [0.5, 0.6) is 5.75 Å². The first-order valence-corrected chi connectivity index (χ1v) is 13.5. The number of halogens is 2. The van der Waals surface area contributed by atoms with Gasteiger partial charge in [-0.1, -0.05) is 6.92 Å². The second-order valence-electron chi connectivity index (χ2n) is 9.83. The number of benzene rings is 2. The predicted octanol–water partition coefficient (Wildman–Crippen LogP) is 3.07. The number of hydrogen-bond acceptors (Lipinski definition) is 7. The number of sulfonamides is 1. The fraction of sp³-hybridized carbons (Fsp3) is 0.346. The zero-order valence-corrected chi connectivity index (χ0v) is 21.4. The summed E-state index contributed by atoms with van der Waals surface area (Å²) in [6.07, 6.45) is 3.32. The topological polar surface area (TPSA) is 109 Å². The minimum Gasteiger partial charge on any atom is -0.486 e. The summed E-state index contributed by atoms with van der Waals surface area (Å²) in [7, 11) is -3.77. The molecule has 1 saturated carbocycles. The maximum Gasteiger partial charge on any atom is 0.316 e. The van der Waals surface area contributed by atoms with Crippen molar-refractivity contribution in [3.63, 3.8) is 0 Å². The van der Waals surface area contributed by atoms with Gasteiger partial charge in [0.2, 0.25) is 15.8 Å². The van der Waals surface area contributed by atoms with E-state index in [-0.39, 0.29) is 47.9 Å². The number of aromatic nitrogens is 2. The highest BCUT2D eigenvalue weighted by atomic mass is 32.2. The van der Waals surface area contributed by atoms with Crippen LogP contribution in [0, 0.1) is 28.4 Å². The van der Waals surface area contributed by atoms with Gasteiger partial charge >= 0.3 is 5.56 Å². The van der Waals surface area contributed by atoms with Gasteiger partial charge in [-0.25, -0.2) is 17.2 Å². The predicted molar refractivity (Wildman–Crippen MR) is 135 cm³/mol. The molecule has 2 aromatic carbocycles. The third kappa shape index (κ3) is 5.12. The lowest BCUT2D eigenvalue weighted by atomic mass is 10.2. The molecule has 3 aromatic rings. The molecule has 9 nitrogen and oxygen atoms in total. The Morgan fingerprint density at radius 3 is 2.26 bits per heavy atom. The summed E-state index contributed by atoms with van der Waals surface area (Å²) in [6, 6.07) is 10.4. The molecule has 0 N–H and O–H groups in total. The molecule has 1 aromatic heterocycles. The summed E-state index contributed by atoms with van der Waals surface area (Å²) in [5, 5.41) is 13.1. The summed E-state index contributed by atoms with van der Waals surface area (Å²) in [6.45, 7) is 3.17. The zero-order chi connectivity index (χ0) is 27.1. The van der Waals surface area contributed by atoms with Crippen LogP contribution in [0.2, 0.25) is 0 Å². The molecule has 2 heterocycles. The fourth-order valence-electron chi connectivity index (χ4n) is 4.26. The van der Waals surface area contributed by atoms with Crippen LogP contribution in [0.15, 0.2) is 58.4 Å². The molecule has 0 amide bonds. The average Bonchev–Trinajstić information content (AvgIpc) is 3.64. The van der Waals surface area contributed by atoms with Crippen molar-refractivity contribution in [3.8, 4) is 17.5 Å². The Kier molecular flexibility index (Phi) is 6.66. The van der Waals surface area contributed by atoms with E-state index in [1.54, 1.807) is 0 Å². The molecule has 198 valence electrons. The van der Waals surface area contributed by atoms with Crippen LogP contribution in [0.3, 0.4) is 0 Å². The van der Waals surface area contributed by atoms with E-state index in [9.17, 15) is 22.0 Å². The smallest absolute Gasteiger partial charge is 0.316 e. The van der Waals surface area contributed by atoms with Gasteiger partial charge in [0.15, 0.2) is 0 Å². The lowest BCUT2D eigenvalue weighted by Crippen LogP contribution is -2.49. The van der Waals surface area contributed by atoms with E-state index in [1.165, 1.54) is 34.8 Å². The Morgan fingerprint density at radius 1 is 1.05 bits per heavy atom. The molecule has 2 aliphatic rings. The number of ether oxygens (including phenoxy) is 1. The Hall–Kier alpha value is -3.82. The summed E-state index contributed by atoms with van der Waals surface area (Å²) >= 11 is 0. The minimum atomic E-state index is -3.77. The summed E-state index contributed by atoms with van der Waals surface area (Å²) in [5.41, 5.74) is -0.0204. The number of anilines is 1. The molecule has 1 aliphatic heterocycles. The van der Waals surface area contributed by atoms with Crippen molar-refractivity contribution in [2.45, 2.75) is 24.7 Å². The van der Waals surface area contributed by atoms with Gasteiger partial charge in [0, 0.05) is 37.7 Å². The maximum absolute atomic E-state index is 13.8. The van der Waals surface area contributed by atoms with E-state index in [2.05, 4.69) is 5.10 Å². The molecule has 0 unspecified atom stereocenters. The summed E-state index contributed by atoms with van der Waals surface area (Å²) in [4.78, 5) is 15.3. The van der Waals surface area contributed by atoms with Gasteiger partial charge in [0.1, 0.15) is 17.3 Å². The van der Waals surface area contributed by atoms with Gasteiger partial charge in [-0.05, 0) is 49.2 Å². The molecule has 38 heavy (non-hydrogen) atoms. The molecule has 0 radical (unpaired) electrons. The van der Waals surface area contributed by atoms with Crippen molar-refractivity contribution in [1.29, 1.82) is 5.26 Å². The van der Waals surface area contributed by atoms with Crippen LogP contribution < -0.4 is 15.2 Å². The second-order valence-corrected chi connectivity index (χ2v) is 11.8. The molecule has 12 heteroatoms. The van der Waals surface area contributed by atoms with Crippen molar-refractivity contribution < 1.29 is 21.9 Å². The normalized spacial score (nSPS) is 17.2. The van der Waals surface area contributed by atoms with Crippen molar-refractivity contribution in [2.75, 3.05) is 37.7 Å². The summed E-state index contributed by atoms with van der Waals surface area (Å²) < 4.78 is 62.1. The van der Waals surface area contributed by atoms with Gasteiger partial charge in [0.25, 0.3) is 0 Å². The van der Waals surface area contributed by atoms with Gasteiger partial charge in [-0.3, -0.25) is 4.79 Å². The number of nitriles is 1. The standard InChI is InChI=1S/C26H25F2N5O4S/c1-26(6-7-26)17-37-24-23(16-30-33(25(24)34)21-13-19(27)12-20(28)14-21)31-8-10-32(11-9-31)38(35,36)22-4-2-18(15-29)3-5-22/h2-5,12-14,16H,6-11,17H2,1H3. The zero-order valence-electron chi connectivity index (χ0n) is 20.6. The molecule has 1 aliphatic carbocycles. The molecule has 1 saturated heterocycles. The van der Waals surface area contributed by atoms with Gasteiger partial charge in [0.05, 0.1) is 35.0 Å². The molecular weight excluding hydrogens is 516 g/mol. The first-order valence-electron chi connectivity index (χ1n) is 12.1. The van der Waals surface area contributed by atoms with Crippen LogP contribution in [0.4, 0.5) is 14.5 Å². The van der Waals surface area contributed by atoms with Crippen LogP contribution in [-0.2, 0) is 10.0 Å². The minimum absolute atomic E-state index is 0.00111. The quantitative estimate of drug-likeness (QED) is 0.452. The third-order valence-corrected chi connectivity index (χ3v) is 8.79. The Morgan fingerprint density at radius 2 is 1.68 bits per heavy atom. The first-order chi connectivity index (χ1) is 18.1. The van der Waals surface area contributed by atoms with Crippen LogP contribution in [0.25, 0.3) is 5.69 Å². The largest absolute Gasteiger partial charge is 0.486 e. The SMILES string of the molecule is CC1(COc2c(N3CCN(S(=O)(=O)c4ccc(C#N)cc4)CC3)cnn(-c3cc(F)cc(F)c3)c2=O)CC1. The molecular formula is C26H25F2N5O4S. The highest BCUT2D eigenvalue weighted by Gasteiger charge is 2.39. The Labute approximate surface area is 218 Å². The van der Waals surface area contributed by atoms with Crippen LogP contribution in [-0.4, -0.2) is 55.3 Å². The third-order valence-electron chi connectivity index (χ3n) is 6.88. The van der Waals surface area contributed by atoms with E-state index < -0.39 is 27.2 Å². The number of piperazine rings is 1. The van der Waals surface area contributed by atoms with Crippen molar-refractivity contribution >= 4 is 15.7 Å². The van der Waals surface area contributed by atoms with Gasteiger partial charge < -0.3 is 9.64 Å². The number of nitrogens with zero attached hydrogens (tertiary/aromatic N) is 5. The van der Waals surface area contributed by atoms with Gasteiger partial charge in [-0.2, -0.15) is 19.3 Å². The van der Waals surface area contributed by atoms with Gasteiger partial charge in [-0.15, -0.1) is 0 Å². The van der Waals surface area contributed by atoms with Crippen molar-refractivity contribution in [3.05, 3.63) is 76.2 Å². The summed E-state index contributed by atoms with van der Waals surface area (Å²) in [5.74, 6) is -1.68.